The highest BCUT2D eigenvalue weighted by atomic mass is 16.4. The maximum Gasteiger partial charge on any atom is 0.321 e. The third-order valence-electron chi connectivity index (χ3n) is 5.36. The van der Waals surface area contributed by atoms with Crippen LogP contribution in [0.4, 0.5) is 0 Å². The van der Waals surface area contributed by atoms with Gasteiger partial charge in [0.25, 0.3) is 0 Å². The predicted molar refractivity (Wildman–Crippen MR) is 90.8 cm³/mol. The first-order valence-electron chi connectivity index (χ1n) is 8.99. The molecule has 0 aromatic carbocycles. The molecular formula is C18H23N5O2. The fraction of sp³-hybridized carbons (Fsp3) is 0.556. The first-order valence-corrected chi connectivity index (χ1v) is 8.99. The summed E-state index contributed by atoms with van der Waals surface area (Å²) in [5, 5.41) is 9.55. The summed E-state index contributed by atoms with van der Waals surface area (Å²) in [5.74, 6) is 0.609. The lowest BCUT2D eigenvalue weighted by Crippen LogP contribution is -2.45. The third kappa shape index (κ3) is 3.42. The van der Waals surface area contributed by atoms with Crippen LogP contribution in [-0.2, 0) is 24.3 Å². The maximum atomic E-state index is 11.6. The van der Waals surface area contributed by atoms with Crippen molar-refractivity contribution in [3.8, 4) is 0 Å². The Labute approximate surface area is 146 Å². The molecule has 0 saturated heterocycles. The summed E-state index contributed by atoms with van der Waals surface area (Å²) >= 11 is 0. The molecule has 0 spiro atoms. The molecule has 1 fully saturated rings. The number of hydrogen-bond donors (Lipinski definition) is 2. The minimum absolute atomic E-state index is 0.426. The minimum atomic E-state index is -0.812. The van der Waals surface area contributed by atoms with Gasteiger partial charge in [0, 0.05) is 43.4 Å². The molecule has 1 saturated carbocycles. The van der Waals surface area contributed by atoms with E-state index in [1.165, 1.54) is 32.1 Å². The summed E-state index contributed by atoms with van der Waals surface area (Å²) in [6.45, 7) is 1.08. The molecule has 1 unspecified atom stereocenters. The number of aliphatic carboxylic acids is 1. The Hall–Kier alpha value is -2.28. The van der Waals surface area contributed by atoms with E-state index in [4.69, 9.17) is 0 Å². The number of aromatic amines is 1. The van der Waals surface area contributed by atoms with E-state index in [1.807, 2.05) is 17.3 Å². The van der Waals surface area contributed by atoms with Crippen molar-refractivity contribution in [1.82, 2.24) is 24.8 Å². The topological polar surface area (TPSA) is 95.0 Å². The van der Waals surface area contributed by atoms with Gasteiger partial charge in [-0.2, -0.15) is 0 Å². The number of carboxylic acids is 1. The zero-order chi connectivity index (χ0) is 17.2. The Morgan fingerprint density at radius 3 is 2.68 bits per heavy atom. The van der Waals surface area contributed by atoms with Crippen LogP contribution in [0.5, 0.6) is 0 Å². The molecule has 1 aliphatic heterocycles. The summed E-state index contributed by atoms with van der Waals surface area (Å²) in [7, 11) is 0. The molecule has 1 aliphatic carbocycles. The van der Waals surface area contributed by atoms with Gasteiger partial charge in [0.05, 0.1) is 17.7 Å². The first kappa shape index (κ1) is 16.2. The number of carboxylic acid groups (broad SMARTS) is 1. The van der Waals surface area contributed by atoms with Gasteiger partial charge in [0.1, 0.15) is 11.9 Å². The number of H-pyrrole nitrogens is 1. The van der Waals surface area contributed by atoms with E-state index in [9.17, 15) is 9.90 Å². The van der Waals surface area contributed by atoms with Crippen molar-refractivity contribution in [2.45, 2.75) is 63.6 Å². The highest BCUT2D eigenvalue weighted by Crippen LogP contribution is 2.30. The van der Waals surface area contributed by atoms with Gasteiger partial charge in [-0.25, -0.2) is 15.0 Å². The molecule has 7 heteroatoms. The average Bonchev–Trinajstić information content (AvgIpc) is 3.10. The zero-order valence-electron chi connectivity index (χ0n) is 14.2. The molecule has 0 amide bonds. The third-order valence-corrected chi connectivity index (χ3v) is 5.36. The van der Waals surface area contributed by atoms with Crippen molar-refractivity contribution in [3.63, 3.8) is 0 Å². The highest BCUT2D eigenvalue weighted by Gasteiger charge is 2.33. The number of imidazole rings is 1. The Bertz CT molecular complexity index is 736. The largest absolute Gasteiger partial charge is 0.480 e. The second kappa shape index (κ2) is 6.92. The van der Waals surface area contributed by atoms with Crippen LogP contribution in [0, 0.1) is 0 Å². The molecule has 4 rings (SSSR count). The van der Waals surface area contributed by atoms with E-state index in [0.29, 0.717) is 25.4 Å². The number of carbonyl (C=O) groups is 1. The molecule has 2 N–H and O–H groups in total. The molecule has 7 nitrogen and oxygen atoms in total. The van der Waals surface area contributed by atoms with Crippen molar-refractivity contribution in [2.75, 3.05) is 0 Å². The number of nitrogens with one attached hydrogen (secondary N) is 1. The SMILES string of the molecule is O=C(O)C1Cc2nc[nH]c2CN1Cc1cnc(C2CCCCC2)nc1. The fourth-order valence-electron chi connectivity index (χ4n) is 3.95. The van der Waals surface area contributed by atoms with Gasteiger partial charge >= 0.3 is 5.97 Å². The molecule has 0 bridgehead atoms. The molecule has 2 aromatic rings. The summed E-state index contributed by atoms with van der Waals surface area (Å²) in [4.78, 5) is 30.0. The van der Waals surface area contributed by atoms with Gasteiger partial charge in [0.2, 0.25) is 0 Å². The van der Waals surface area contributed by atoms with Crippen LogP contribution in [0.3, 0.4) is 0 Å². The van der Waals surface area contributed by atoms with Crippen LogP contribution < -0.4 is 0 Å². The molecule has 1 atom stereocenters. The van der Waals surface area contributed by atoms with Crippen molar-refractivity contribution in [2.24, 2.45) is 0 Å². The normalized spacial score (nSPS) is 21.8. The number of hydrogen-bond acceptors (Lipinski definition) is 5. The van der Waals surface area contributed by atoms with Crippen LogP contribution in [0.1, 0.15) is 60.8 Å². The zero-order valence-corrected chi connectivity index (χ0v) is 14.2. The van der Waals surface area contributed by atoms with Crippen molar-refractivity contribution < 1.29 is 9.90 Å². The van der Waals surface area contributed by atoms with Crippen LogP contribution in [-0.4, -0.2) is 42.0 Å². The van der Waals surface area contributed by atoms with Crippen LogP contribution in [0.15, 0.2) is 18.7 Å². The van der Waals surface area contributed by atoms with Crippen LogP contribution in [0.2, 0.25) is 0 Å². The number of fused-ring (bicyclic) bond motifs is 1. The molecule has 0 radical (unpaired) electrons. The standard InChI is InChI=1S/C18H23N5O2/c24-18(25)16-6-14-15(22-11-21-14)10-23(16)9-12-7-19-17(20-8-12)13-4-2-1-3-5-13/h7-8,11,13,16H,1-6,9-10H2,(H,21,22)(H,24,25). The second-order valence-electron chi connectivity index (χ2n) is 7.08. The molecule has 2 aromatic heterocycles. The summed E-state index contributed by atoms with van der Waals surface area (Å²) in [6.07, 6.45) is 12.0. The Morgan fingerprint density at radius 2 is 1.96 bits per heavy atom. The van der Waals surface area contributed by atoms with E-state index >= 15 is 0 Å². The molecular weight excluding hydrogens is 318 g/mol. The van der Waals surface area contributed by atoms with E-state index < -0.39 is 12.0 Å². The first-order chi connectivity index (χ1) is 12.2. The molecule has 25 heavy (non-hydrogen) atoms. The summed E-state index contributed by atoms with van der Waals surface area (Å²) in [5.41, 5.74) is 2.80. The minimum Gasteiger partial charge on any atom is -0.480 e. The van der Waals surface area contributed by atoms with E-state index in [-0.39, 0.29) is 0 Å². The Balaban J connectivity index is 1.47. The molecule has 132 valence electrons. The van der Waals surface area contributed by atoms with Gasteiger partial charge < -0.3 is 10.1 Å². The number of aromatic nitrogens is 4. The maximum absolute atomic E-state index is 11.6. The lowest BCUT2D eigenvalue weighted by atomic mass is 9.89. The van der Waals surface area contributed by atoms with Crippen LogP contribution >= 0.6 is 0 Å². The molecule has 3 heterocycles. The van der Waals surface area contributed by atoms with Crippen LogP contribution in [0.25, 0.3) is 0 Å². The van der Waals surface area contributed by atoms with Crippen molar-refractivity contribution in [1.29, 1.82) is 0 Å². The fourth-order valence-corrected chi connectivity index (χ4v) is 3.95. The highest BCUT2D eigenvalue weighted by molar-refractivity contribution is 5.74. The Morgan fingerprint density at radius 1 is 1.20 bits per heavy atom. The average molecular weight is 341 g/mol. The Kier molecular flexibility index (Phi) is 4.48. The van der Waals surface area contributed by atoms with Crippen molar-refractivity contribution in [3.05, 3.63) is 41.5 Å². The summed E-state index contributed by atoms with van der Waals surface area (Å²) < 4.78 is 0. The quantitative estimate of drug-likeness (QED) is 0.886. The predicted octanol–water partition coefficient (Wildman–Crippen LogP) is 2.26. The monoisotopic (exact) mass is 341 g/mol. The van der Waals surface area contributed by atoms with E-state index in [2.05, 4.69) is 19.9 Å². The smallest absolute Gasteiger partial charge is 0.321 e. The van der Waals surface area contributed by atoms with Gasteiger partial charge in [-0.3, -0.25) is 9.69 Å². The van der Waals surface area contributed by atoms with E-state index in [0.717, 1.165) is 22.8 Å². The van der Waals surface area contributed by atoms with Gasteiger partial charge in [-0.15, -0.1) is 0 Å². The van der Waals surface area contributed by atoms with Crippen molar-refractivity contribution >= 4 is 5.97 Å². The van der Waals surface area contributed by atoms with Gasteiger partial charge in [-0.05, 0) is 12.8 Å². The lowest BCUT2D eigenvalue weighted by Gasteiger charge is -2.32. The van der Waals surface area contributed by atoms with E-state index in [1.54, 1.807) is 6.33 Å². The number of nitrogens with zero attached hydrogens (tertiary/aromatic N) is 4. The van der Waals surface area contributed by atoms with Gasteiger partial charge in [-0.1, -0.05) is 19.3 Å². The summed E-state index contributed by atoms with van der Waals surface area (Å²) in [6, 6.07) is -0.561. The number of rotatable bonds is 4. The second-order valence-corrected chi connectivity index (χ2v) is 7.08. The molecule has 2 aliphatic rings. The lowest BCUT2D eigenvalue weighted by molar-refractivity contribution is -0.144. The van der Waals surface area contributed by atoms with Gasteiger partial charge in [0.15, 0.2) is 0 Å².